The standard InChI is InChI=1S/C14H15NO3S/c1-2-3-7-18-11-6-4-5-10(8-11)13-15-12(9-19-13)14(16)17/h4-6,8-9H,2-3,7H2,1H3,(H,16,17). The molecule has 2 aromatic rings. The third-order valence-electron chi connectivity index (χ3n) is 2.57. The number of ether oxygens (including phenoxy) is 1. The van der Waals surface area contributed by atoms with Crippen LogP contribution in [0, 0.1) is 0 Å². The number of benzene rings is 1. The summed E-state index contributed by atoms with van der Waals surface area (Å²) in [6, 6.07) is 7.57. The summed E-state index contributed by atoms with van der Waals surface area (Å²) in [5.74, 6) is -0.212. The SMILES string of the molecule is CCCCOc1cccc(-c2nc(C(=O)O)cs2)c1. The predicted octanol–water partition coefficient (Wildman–Crippen LogP) is 3.69. The number of unbranched alkanes of at least 4 members (excludes halogenated alkanes) is 1. The number of carbonyl (C=O) groups is 1. The van der Waals surface area contributed by atoms with Crippen LogP contribution in [0.3, 0.4) is 0 Å². The Morgan fingerprint density at radius 3 is 3.00 bits per heavy atom. The molecule has 0 amide bonds. The number of hydrogen-bond donors (Lipinski definition) is 1. The van der Waals surface area contributed by atoms with E-state index in [1.165, 1.54) is 11.3 Å². The van der Waals surface area contributed by atoms with E-state index in [4.69, 9.17) is 9.84 Å². The lowest BCUT2D eigenvalue weighted by Gasteiger charge is -2.06. The van der Waals surface area contributed by atoms with Crippen molar-refractivity contribution >= 4 is 17.3 Å². The van der Waals surface area contributed by atoms with Crippen LogP contribution in [-0.2, 0) is 0 Å². The molecule has 0 aliphatic carbocycles. The minimum absolute atomic E-state index is 0.0808. The van der Waals surface area contributed by atoms with Crippen molar-refractivity contribution < 1.29 is 14.6 Å². The van der Waals surface area contributed by atoms with Crippen LogP contribution >= 0.6 is 11.3 Å². The van der Waals surface area contributed by atoms with Gasteiger partial charge >= 0.3 is 5.97 Å². The maximum absolute atomic E-state index is 10.8. The fourth-order valence-electron chi connectivity index (χ4n) is 1.56. The fourth-order valence-corrected chi connectivity index (χ4v) is 2.35. The second-order valence-corrected chi connectivity index (χ2v) is 4.93. The Bertz CT molecular complexity index is 565. The summed E-state index contributed by atoms with van der Waals surface area (Å²) >= 11 is 1.32. The first-order valence-electron chi connectivity index (χ1n) is 6.12. The first-order chi connectivity index (χ1) is 9.20. The molecule has 0 bridgehead atoms. The molecule has 2 rings (SSSR count). The summed E-state index contributed by atoms with van der Waals surface area (Å²) in [6.45, 7) is 2.81. The molecule has 0 fully saturated rings. The Morgan fingerprint density at radius 2 is 2.32 bits per heavy atom. The van der Waals surface area contributed by atoms with Crippen molar-refractivity contribution in [2.24, 2.45) is 0 Å². The Hall–Kier alpha value is -1.88. The van der Waals surface area contributed by atoms with Gasteiger partial charge in [-0.1, -0.05) is 25.5 Å². The summed E-state index contributed by atoms with van der Waals surface area (Å²) in [7, 11) is 0. The van der Waals surface area contributed by atoms with Crippen LogP contribution < -0.4 is 4.74 Å². The number of aromatic carboxylic acids is 1. The molecule has 5 heteroatoms. The zero-order valence-corrected chi connectivity index (χ0v) is 11.4. The Kier molecular flexibility index (Phi) is 4.52. The van der Waals surface area contributed by atoms with Gasteiger partial charge in [0.15, 0.2) is 5.69 Å². The van der Waals surface area contributed by atoms with Crippen molar-refractivity contribution in [1.82, 2.24) is 4.98 Å². The minimum Gasteiger partial charge on any atom is -0.494 e. The van der Waals surface area contributed by atoms with E-state index >= 15 is 0 Å². The van der Waals surface area contributed by atoms with Gasteiger partial charge in [-0.2, -0.15) is 0 Å². The van der Waals surface area contributed by atoms with Crippen LogP contribution in [0.1, 0.15) is 30.3 Å². The highest BCUT2D eigenvalue weighted by molar-refractivity contribution is 7.13. The Morgan fingerprint density at radius 1 is 1.47 bits per heavy atom. The normalized spacial score (nSPS) is 10.4. The highest BCUT2D eigenvalue weighted by Crippen LogP contribution is 2.27. The lowest BCUT2D eigenvalue weighted by Crippen LogP contribution is -1.97. The van der Waals surface area contributed by atoms with Crippen LogP contribution in [0.15, 0.2) is 29.6 Å². The van der Waals surface area contributed by atoms with Gasteiger partial charge < -0.3 is 9.84 Å². The van der Waals surface area contributed by atoms with Gasteiger partial charge in [0, 0.05) is 10.9 Å². The van der Waals surface area contributed by atoms with Gasteiger partial charge in [0.2, 0.25) is 0 Å². The predicted molar refractivity (Wildman–Crippen MR) is 74.9 cm³/mol. The third kappa shape index (κ3) is 3.54. The molecule has 0 atom stereocenters. The maximum Gasteiger partial charge on any atom is 0.355 e. The number of nitrogens with zero attached hydrogens (tertiary/aromatic N) is 1. The van der Waals surface area contributed by atoms with Crippen molar-refractivity contribution in [2.45, 2.75) is 19.8 Å². The Labute approximate surface area is 115 Å². The second-order valence-electron chi connectivity index (χ2n) is 4.07. The highest BCUT2D eigenvalue weighted by atomic mass is 32.1. The van der Waals surface area contributed by atoms with E-state index in [1.807, 2.05) is 24.3 Å². The lowest BCUT2D eigenvalue weighted by molar-refractivity contribution is 0.0691. The highest BCUT2D eigenvalue weighted by Gasteiger charge is 2.10. The summed E-state index contributed by atoms with van der Waals surface area (Å²) in [5.41, 5.74) is 0.962. The molecule has 0 aliphatic heterocycles. The number of thiazole rings is 1. The molecule has 0 aliphatic rings. The van der Waals surface area contributed by atoms with Crippen molar-refractivity contribution in [3.63, 3.8) is 0 Å². The molecule has 19 heavy (non-hydrogen) atoms. The van der Waals surface area contributed by atoms with Crippen LogP contribution in [0.25, 0.3) is 10.6 Å². The summed E-state index contributed by atoms with van der Waals surface area (Å²) in [4.78, 5) is 14.9. The molecule has 1 heterocycles. The minimum atomic E-state index is -1.00. The van der Waals surface area contributed by atoms with E-state index < -0.39 is 5.97 Å². The van der Waals surface area contributed by atoms with Gasteiger partial charge in [-0.25, -0.2) is 9.78 Å². The molecule has 100 valence electrons. The largest absolute Gasteiger partial charge is 0.494 e. The Balaban J connectivity index is 2.15. The fraction of sp³-hybridized carbons (Fsp3) is 0.286. The number of carboxylic acid groups (broad SMARTS) is 1. The van der Waals surface area contributed by atoms with Crippen LogP contribution in [-0.4, -0.2) is 22.7 Å². The van der Waals surface area contributed by atoms with E-state index in [-0.39, 0.29) is 5.69 Å². The average molecular weight is 277 g/mol. The number of hydrogen-bond acceptors (Lipinski definition) is 4. The molecular formula is C14H15NO3S. The van der Waals surface area contributed by atoms with Crippen LogP contribution in [0.2, 0.25) is 0 Å². The van der Waals surface area contributed by atoms with Crippen molar-refractivity contribution in [3.8, 4) is 16.3 Å². The number of aromatic nitrogens is 1. The van der Waals surface area contributed by atoms with E-state index in [0.717, 1.165) is 24.2 Å². The molecular weight excluding hydrogens is 262 g/mol. The lowest BCUT2D eigenvalue weighted by atomic mass is 10.2. The third-order valence-corrected chi connectivity index (χ3v) is 3.46. The van der Waals surface area contributed by atoms with Crippen LogP contribution in [0.5, 0.6) is 5.75 Å². The molecule has 0 spiro atoms. The van der Waals surface area contributed by atoms with Gasteiger partial charge in [-0.3, -0.25) is 0 Å². The summed E-state index contributed by atoms with van der Waals surface area (Å²) in [6.07, 6.45) is 2.11. The number of carboxylic acids is 1. The van der Waals surface area contributed by atoms with Gasteiger partial charge in [-0.15, -0.1) is 11.3 Å². The van der Waals surface area contributed by atoms with E-state index in [0.29, 0.717) is 11.6 Å². The second kappa shape index (κ2) is 6.33. The molecule has 1 aromatic carbocycles. The first kappa shape index (κ1) is 13.5. The van der Waals surface area contributed by atoms with E-state index in [9.17, 15) is 4.79 Å². The van der Waals surface area contributed by atoms with Gasteiger partial charge in [0.25, 0.3) is 0 Å². The smallest absolute Gasteiger partial charge is 0.355 e. The quantitative estimate of drug-likeness (QED) is 0.818. The molecule has 0 saturated heterocycles. The zero-order chi connectivity index (χ0) is 13.7. The molecule has 0 saturated carbocycles. The number of rotatable bonds is 6. The van der Waals surface area contributed by atoms with Gasteiger partial charge in [0.05, 0.1) is 6.61 Å². The first-order valence-corrected chi connectivity index (χ1v) is 7.00. The molecule has 0 radical (unpaired) electrons. The molecule has 1 N–H and O–H groups in total. The van der Waals surface area contributed by atoms with Gasteiger partial charge in [0.1, 0.15) is 10.8 Å². The summed E-state index contributed by atoms with van der Waals surface area (Å²) in [5, 5.41) is 11.1. The average Bonchev–Trinajstić information content (AvgIpc) is 2.89. The maximum atomic E-state index is 10.8. The molecule has 4 nitrogen and oxygen atoms in total. The van der Waals surface area contributed by atoms with Gasteiger partial charge in [-0.05, 0) is 18.6 Å². The zero-order valence-electron chi connectivity index (χ0n) is 10.6. The monoisotopic (exact) mass is 277 g/mol. The van der Waals surface area contributed by atoms with Crippen LogP contribution in [0.4, 0.5) is 0 Å². The topological polar surface area (TPSA) is 59.4 Å². The van der Waals surface area contributed by atoms with E-state index in [2.05, 4.69) is 11.9 Å². The van der Waals surface area contributed by atoms with Crippen molar-refractivity contribution in [1.29, 1.82) is 0 Å². The molecule has 0 unspecified atom stereocenters. The van der Waals surface area contributed by atoms with Crippen molar-refractivity contribution in [3.05, 3.63) is 35.3 Å². The van der Waals surface area contributed by atoms with E-state index in [1.54, 1.807) is 5.38 Å². The molecule has 1 aromatic heterocycles. The summed E-state index contributed by atoms with van der Waals surface area (Å²) < 4.78 is 5.62. The van der Waals surface area contributed by atoms with Crippen molar-refractivity contribution in [2.75, 3.05) is 6.61 Å².